The zero-order valence-electron chi connectivity index (χ0n) is 9.77. The molecule has 5 nitrogen and oxygen atoms in total. The van der Waals surface area contributed by atoms with Crippen LogP contribution in [-0.4, -0.2) is 25.8 Å². The Labute approximate surface area is 107 Å². The third-order valence-corrected chi connectivity index (χ3v) is 4.30. The van der Waals surface area contributed by atoms with Gasteiger partial charge in [0.1, 0.15) is 0 Å². The van der Waals surface area contributed by atoms with Gasteiger partial charge >= 0.3 is 10.2 Å². The minimum atomic E-state index is -3.60. The van der Waals surface area contributed by atoms with E-state index in [0.29, 0.717) is 18.8 Å². The summed E-state index contributed by atoms with van der Waals surface area (Å²) in [6.07, 6.45) is 0. The molecule has 0 atom stereocenters. The lowest BCUT2D eigenvalue weighted by molar-refractivity contribution is 0.449. The highest BCUT2D eigenvalue weighted by molar-refractivity contribution is 7.90. The number of para-hydroxylation sites is 1. The van der Waals surface area contributed by atoms with E-state index < -0.39 is 10.2 Å². The normalized spacial score (nSPS) is 11.8. The van der Waals surface area contributed by atoms with Gasteiger partial charge in [0.2, 0.25) is 0 Å². The van der Waals surface area contributed by atoms with Gasteiger partial charge in [-0.05, 0) is 12.1 Å². The molecule has 1 aromatic rings. The molecule has 0 saturated heterocycles. The van der Waals surface area contributed by atoms with Crippen molar-refractivity contribution in [3.8, 4) is 0 Å². The molecular formula is C10H16ClN3O2S. The van der Waals surface area contributed by atoms with E-state index in [1.165, 1.54) is 4.31 Å². The highest BCUT2D eigenvalue weighted by Crippen LogP contribution is 2.29. The quantitative estimate of drug-likeness (QED) is 0.808. The molecule has 96 valence electrons. The van der Waals surface area contributed by atoms with Crippen LogP contribution >= 0.6 is 11.6 Å². The summed E-state index contributed by atoms with van der Waals surface area (Å²) in [5.41, 5.74) is 6.20. The Bertz CT molecular complexity index is 466. The van der Waals surface area contributed by atoms with Crippen LogP contribution < -0.4 is 10.5 Å². The molecule has 1 rings (SSSR count). The lowest BCUT2D eigenvalue weighted by Crippen LogP contribution is -2.35. The molecule has 0 radical (unpaired) electrons. The molecule has 1 aromatic carbocycles. The summed E-state index contributed by atoms with van der Waals surface area (Å²) in [7, 11) is -3.60. The van der Waals surface area contributed by atoms with E-state index in [9.17, 15) is 8.42 Å². The molecule has 0 aliphatic rings. The van der Waals surface area contributed by atoms with Gasteiger partial charge in [-0.15, -0.1) is 0 Å². The number of nitrogens with zero attached hydrogens (tertiary/aromatic N) is 1. The Balaban J connectivity index is 3.06. The summed E-state index contributed by atoms with van der Waals surface area (Å²) in [6.45, 7) is 4.30. The van der Waals surface area contributed by atoms with Crippen molar-refractivity contribution in [2.75, 3.05) is 23.5 Å². The average molecular weight is 278 g/mol. The van der Waals surface area contributed by atoms with Crippen molar-refractivity contribution in [3.63, 3.8) is 0 Å². The van der Waals surface area contributed by atoms with Crippen LogP contribution in [0, 0.1) is 0 Å². The zero-order valence-corrected chi connectivity index (χ0v) is 11.3. The number of nitrogen functional groups attached to an aromatic ring is 1. The van der Waals surface area contributed by atoms with Crippen molar-refractivity contribution >= 4 is 33.2 Å². The summed E-state index contributed by atoms with van der Waals surface area (Å²) >= 11 is 5.90. The van der Waals surface area contributed by atoms with E-state index in [1.807, 2.05) is 0 Å². The first-order chi connectivity index (χ1) is 7.92. The highest BCUT2D eigenvalue weighted by atomic mass is 35.5. The van der Waals surface area contributed by atoms with E-state index in [2.05, 4.69) is 4.72 Å². The molecule has 0 aliphatic heterocycles. The van der Waals surface area contributed by atoms with Crippen LogP contribution in [0.2, 0.25) is 5.02 Å². The van der Waals surface area contributed by atoms with Crippen molar-refractivity contribution < 1.29 is 8.42 Å². The van der Waals surface area contributed by atoms with Crippen LogP contribution in [0.25, 0.3) is 0 Å². The van der Waals surface area contributed by atoms with Crippen molar-refractivity contribution in [1.29, 1.82) is 0 Å². The zero-order chi connectivity index (χ0) is 13.1. The summed E-state index contributed by atoms with van der Waals surface area (Å²) in [6, 6.07) is 4.83. The molecule has 0 fully saturated rings. The highest BCUT2D eigenvalue weighted by Gasteiger charge is 2.20. The van der Waals surface area contributed by atoms with Gasteiger partial charge in [-0.3, -0.25) is 4.72 Å². The average Bonchev–Trinajstić information content (AvgIpc) is 2.25. The standard InChI is InChI=1S/C10H16ClN3O2S/c1-3-14(4-2)17(15,16)13-10-8(11)6-5-7-9(10)12/h5-7,13H,3-4,12H2,1-2H3. The second kappa shape index (κ2) is 5.57. The summed E-state index contributed by atoms with van der Waals surface area (Å²) in [5.74, 6) is 0. The van der Waals surface area contributed by atoms with Gasteiger partial charge in [-0.25, -0.2) is 0 Å². The second-order valence-corrected chi connectivity index (χ2v) is 5.47. The fraction of sp³-hybridized carbons (Fsp3) is 0.400. The van der Waals surface area contributed by atoms with Gasteiger partial charge in [-0.1, -0.05) is 31.5 Å². The maximum atomic E-state index is 12.0. The molecule has 0 amide bonds. The maximum absolute atomic E-state index is 12.0. The van der Waals surface area contributed by atoms with Crippen molar-refractivity contribution in [3.05, 3.63) is 23.2 Å². The SMILES string of the molecule is CCN(CC)S(=O)(=O)Nc1c(N)cccc1Cl. The molecule has 0 bridgehead atoms. The monoisotopic (exact) mass is 277 g/mol. The van der Waals surface area contributed by atoms with Gasteiger partial charge in [-0.2, -0.15) is 12.7 Å². The van der Waals surface area contributed by atoms with E-state index in [4.69, 9.17) is 17.3 Å². The van der Waals surface area contributed by atoms with Crippen LogP contribution in [0.5, 0.6) is 0 Å². The minimum absolute atomic E-state index is 0.223. The van der Waals surface area contributed by atoms with E-state index in [0.717, 1.165) is 0 Å². The number of hydrogen-bond acceptors (Lipinski definition) is 3. The van der Waals surface area contributed by atoms with E-state index >= 15 is 0 Å². The molecule has 3 N–H and O–H groups in total. The van der Waals surface area contributed by atoms with E-state index in [1.54, 1.807) is 32.0 Å². The maximum Gasteiger partial charge on any atom is 0.301 e. The van der Waals surface area contributed by atoms with Gasteiger partial charge in [0.15, 0.2) is 0 Å². The lowest BCUT2D eigenvalue weighted by Gasteiger charge is -2.20. The molecule has 7 heteroatoms. The molecule has 0 saturated carbocycles. The van der Waals surface area contributed by atoms with Gasteiger partial charge < -0.3 is 5.73 Å². The number of benzene rings is 1. The number of nitrogens with two attached hydrogens (primary N) is 1. The molecule has 0 aromatic heterocycles. The van der Waals surface area contributed by atoms with Gasteiger partial charge in [0.05, 0.1) is 16.4 Å². The minimum Gasteiger partial charge on any atom is -0.397 e. The number of rotatable bonds is 5. The van der Waals surface area contributed by atoms with Crippen LogP contribution in [0.1, 0.15) is 13.8 Å². The fourth-order valence-electron chi connectivity index (χ4n) is 1.41. The first kappa shape index (κ1) is 14.1. The Kier molecular flexibility index (Phi) is 4.62. The van der Waals surface area contributed by atoms with Gasteiger partial charge in [0, 0.05) is 13.1 Å². The fourth-order valence-corrected chi connectivity index (χ4v) is 2.99. The van der Waals surface area contributed by atoms with Crippen LogP contribution in [0.3, 0.4) is 0 Å². The van der Waals surface area contributed by atoms with Crippen molar-refractivity contribution in [2.24, 2.45) is 0 Å². The van der Waals surface area contributed by atoms with Crippen molar-refractivity contribution in [2.45, 2.75) is 13.8 Å². The molecule has 0 unspecified atom stereocenters. The predicted molar refractivity (Wildman–Crippen MR) is 71.3 cm³/mol. The van der Waals surface area contributed by atoms with Crippen LogP contribution in [0.15, 0.2) is 18.2 Å². The Hall–Kier alpha value is -0.980. The Morgan fingerprint density at radius 1 is 1.35 bits per heavy atom. The topological polar surface area (TPSA) is 75.4 Å². The van der Waals surface area contributed by atoms with Crippen molar-refractivity contribution in [1.82, 2.24) is 4.31 Å². The van der Waals surface area contributed by atoms with Crippen LogP contribution in [0.4, 0.5) is 11.4 Å². The lowest BCUT2D eigenvalue weighted by atomic mass is 10.3. The molecule has 0 spiro atoms. The van der Waals surface area contributed by atoms with Crippen LogP contribution in [-0.2, 0) is 10.2 Å². The third kappa shape index (κ3) is 3.24. The smallest absolute Gasteiger partial charge is 0.301 e. The Morgan fingerprint density at radius 2 is 1.94 bits per heavy atom. The first-order valence-corrected chi connectivity index (χ1v) is 7.06. The Morgan fingerprint density at radius 3 is 2.41 bits per heavy atom. The molecule has 17 heavy (non-hydrogen) atoms. The largest absolute Gasteiger partial charge is 0.397 e. The summed E-state index contributed by atoms with van der Waals surface area (Å²) < 4.78 is 27.6. The summed E-state index contributed by atoms with van der Waals surface area (Å²) in [4.78, 5) is 0. The number of halogens is 1. The predicted octanol–water partition coefficient (Wildman–Crippen LogP) is 1.92. The molecular weight excluding hydrogens is 262 g/mol. The molecule has 0 aliphatic carbocycles. The van der Waals surface area contributed by atoms with E-state index in [-0.39, 0.29) is 10.7 Å². The number of hydrogen-bond donors (Lipinski definition) is 2. The molecule has 0 heterocycles. The summed E-state index contributed by atoms with van der Waals surface area (Å²) in [5, 5.41) is 0.278. The third-order valence-electron chi connectivity index (χ3n) is 2.32. The second-order valence-electron chi connectivity index (χ2n) is 3.40. The number of anilines is 2. The number of nitrogens with one attached hydrogen (secondary N) is 1. The first-order valence-electron chi connectivity index (χ1n) is 5.24. The van der Waals surface area contributed by atoms with Gasteiger partial charge in [0.25, 0.3) is 0 Å².